The van der Waals surface area contributed by atoms with E-state index < -0.39 is 59.3 Å². The molecule has 130 valence electrons. The monoisotopic (exact) mass is 416 g/mol. The van der Waals surface area contributed by atoms with Crippen molar-refractivity contribution in [2.24, 2.45) is 0 Å². The van der Waals surface area contributed by atoms with Gasteiger partial charge in [-0.3, -0.25) is 0 Å². The maximum absolute atomic E-state index is 7.75. The summed E-state index contributed by atoms with van der Waals surface area (Å²) >= 11 is 6.61. The second-order valence-corrected chi connectivity index (χ2v) is 7.01. The van der Waals surface area contributed by atoms with Gasteiger partial charge in [-0.1, -0.05) is 47.5 Å². The van der Waals surface area contributed by atoms with E-state index >= 15 is 0 Å². The molecule has 0 heterocycles. The third-order valence-electron chi connectivity index (χ3n) is 3.07. The molecule has 2 unspecified atom stereocenters. The maximum atomic E-state index is 7.75. The van der Waals surface area contributed by atoms with Crippen molar-refractivity contribution in [3.8, 4) is 0 Å². The predicted molar refractivity (Wildman–Crippen MR) is 109 cm³/mol. The minimum atomic E-state index is -3.09. The molecule has 0 aromatic heterocycles. The average Bonchev–Trinajstić information content (AvgIpc) is 2.68. The molecule has 0 spiro atoms. The summed E-state index contributed by atoms with van der Waals surface area (Å²) in [6.07, 6.45) is -15.4. The van der Waals surface area contributed by atoms with Crippen molar-refractivity contribution in [3.63, 3.8) is 0 Å². The van der Waals surface area contributed by atoms with Crippen LogP contribution in [0.3, 0.4) is 0 Å². The lowest BCUT2D eigenvalue weighted by atomic mass is 9.98. The molecule has 0 amide bonds. The molecule has 24 heavy (non-hydrogen) atoms. The molecule has 0 bridgehead atoms. The summed E-state index contributed by atoms with van der Waals surface area (Å²) in [5.74, 6) is 0. The molecule has 0 saturated heterocycles. The van der Waals surface area contributed by atoms with E-state index in [1.807, 2.05) is 0 Å². The quantitative estimate of drug-likeness (QED) is 0.562. The van der Waals surface area contributed by atoms with E-state index in [1.54, 1.807) is 0 Å². The smallest absolute Gasteiger partial charge is 0.163 e. The second kappa shape index (κ2) is 9.37. The zero-order valence-electron chi connectivity index (χ0n) is 24.2. The van der Waals surface area contributed by atoms with Gasteiger partial charge in [0.1, 0.15) is 47.1 Å². The third kappa shape index (κ3) is 5.87. The summed E-state index contributed by atoms with van der Waals surface area (Å²) in [4.78, 5) is 0. The molecule has 0 aliphatic heterocycles. The molecule has 0 radical (unpaired) electrons. The lowest BCUT2D eigenvalue weighted by molar-refractivity contribution is 0.0784. The Bertz CT molecular complexity index is 883. The Morgan fingerprint density at radius 1 is 0.708 bits per heavy atom. The van der Waals surface area contributed by atoms with Gasteiger partial charge in [0, 0.05) is 10.0 Å². The van der Waals surface area contributed by atoms with Gasteiger partial charge >= 0.3 is 0 Å². The van der Waals surface area contributed by atoms with E-state index in [2.05, 4.69) is 0 Å². The van der Waals surface area contributed by atoms with E-state index in [4.69, 9.17) is 48.0 Å². The van der Waals surface area contributed by atoms with Gasteiger partial charge in [-0.2, -0.15) is 8.37 Å². The number of benzene rings is 2. The normalized spacial score (nSPS) is 23.7. The van der Waals surface area contributed by atoms with Crippen molar-refractivity contribution in [2.45, 2.75) is 12.2 Å². The number of hydrogen-bond acceptors (Lipinski definition) is 2. The molecule has 0 fully saturated rings. The molecule has 2 nitrogen and oxygen atoms in total. The molecular weight excluding hydrogens is 383 g/mol. The van der Waals surface area contributed by atoms with Gasteiger partial charge in [0.05, 0.1) is 16.4 Å². The number of hydrogen-bond donors (Lipinski definition) is 0. The van der Waals surface area contributed by atoms with Gasteiger partial charge in [0.15, 0.2) is 12.2 Å². The van der Waals surface area contributed by atoms with Crippen LogP contribution >= 0.6 is 23.2 Å². The van der Waals surface area contributed by atoms with Crippen LogP contribution in [0, 0.1) is 0 Å². The third-order valence-corrected chi connectivity index (χ3v) is 4.38. The van der Waals surface area contributed by atoms with Gasteiger partial charge in [-0.15, -0.1) is 0 Å². The van der Waals surface area contributed by atoms with Gasteiger partial charge in [0.25, 0.3) is 0 Å². The summed E-state index contributed by atoms with van der Waals surface area (Å²) in [6.45, 7) is 0. The van der Waals surface area contributed by atoms with Crippen LogP contribution in [0.4, 0.5) is 0 Å². The Balaban J connectivity index is 2.76. The van der Waals surface area contributed by atoms with E-state index in [1.165, 1.54) is 48.5 Å². The fourth-order valence-electron chi connectivity index (χ4n) is 2.07. The maximum Gasteiger partial charge on any atom is 0.175 e. The zero-order valence-corrected chi connectivity index (χ0v) is 15.3. The highest BCUT2D eigenvalue weighted by molar-refractivity contribution is 7.91. The van der Waals surface area contributed by atoms with Crippen LogP contribution in [0.15, 0.2) is 48.5 Å². The second-order valence-electron chi connectivity index (χ2n) is 4.67. The molecule has 2 aromatic rings. The van der Waals surface area contributed by atoms with Crippen molar-refractivity contribution in [2.75, 3.05) is 24.7 Å². The molecule has 2 atom stereocenters. The number of rotatable bonds is 7. The molecular formula is C18H22Cl2O2S2+2. The molecule has 2 aromatic carbocycles. The van der Waals surface area contributed by atoms with E-state index in [0.717, 1.165) is 0 Å². The Morgan fingerprint density at radius 2 is 1.04 bits per heavy atom. The first-order chi connectivity index (χ1) is 16.2. The number of halogens is 2. The Morgan fingerprint density at radius 3 is 1.33 bits per heavy atom. The average molecular weight is 417 g/mol. The van der Waals surface area contributed by atoms with E-state index in [9.17, 15) is 0 Å². The van der Waals surface area contributed by atoms with Crippen molar-refractivity contribution in [3.05, 3.63) is 69.7 Å². The molecule has 6 heteroatoms. The Labute approximate surface area is 177 Å². The first kappa shape index (κ1) is 9.03. The van der Waals surface area contributed by atoms with Crippen molar-refractivity contribution < 1.29 is 24.8 Å². The van der Waals surface area contributed by atoms with Crippen LogP contribution in [0.1, 0.15) is 39.8 Å². The van der Waals surface area contributed by atoms with Crippen LogP contribution in [-0.2, 0) is 30.7 Å². The van der Waals surface area contributed by atoms with Gasteiger partial charge in [-0.25, -0.2) is 0 Å². The highest BCUT2D eigenvalue weighted by Crippen LogP contribution is 2.38. The summed E-state index contributed by atoms with van der Waals surface area (Å²) in [7, 11) is 0. The molecule has 0 aliphatic carbocycles. The van der Waals surface area contributed by atoms with Crippen LogP contribution in [0.2, 0.25) is 10.0 Å². The fraction of sp³-hybridized carbons (Fsp3) is 0.333. The molecule has 2 rings (SSSR count). The lowest BCUT2D eigenvalue weighted by Crippen LogP contribution is -2.22. The largest absolute Gasteiger partial charge is 0.175 e. The summed E-state index contributed by atoms with van der Waals surface area (Å²) < 4.78 is 104. The van der Waals surface area contributed by atoms with E-state index in [0.29, 0.717) is 10.0 Å². The van der Waals surface area contributed by atoms with Crippen LogP contribution in [0.25, 0.3) is 0 Å². The fourth-order valence-corrected chi connectivity index (χ4v) is 3.16. The van der Waals surface area contributed by atoms with Gasteiger partial charge in [0.2, 0.25) is 0 Å². The molecule has 0 aliphatic rings. The first-order valence-corrected chi connectivity index (χ1v) is 9.61. The summed E-state index contributed by atoms with van der Waals surface area (Å²) in [5.41, 5.74) is 0.370. The highest BCUT2D eigenvalue weighted by atomic mass is 35.5. The van der Waals surface area contributed by atoms with Crippen molar-refractivity contribution >= 4 is 45.6 Å². The van der Waals surface area contributed by atoms with Gasteiger partial charge < -0.3 is 0 Å². The molecule has 0 N–H and O–H groups in total. The highest BCUT2D eigenvalue weighted by Gasteiger charge is 2.35. The Hall–Kier alpha value is -0.360. The van der Waals surface area contributed by atoms with Crippen LogP contribution in [0.5, 0.6) is 0 Å². The standard InChI is InChI=1S/C18H22Cl2O2S2/c1-23(2)21-17(13-5-9-15(19)10-6-13)18(22-24(3)4)14-7-11-16(20)12-8-14/h5-12,17-18H,1-4H3/q+2/i1D3,2D3,3D3,4D3. The van der Waals surface area contributed by atoms with Crippen molar-refractivity contribution in [1.29, 1.82) is 0 Å². The van der Waals surface area contributed by atoms with Crippen LogP contribution < -0.4 is 0 Å². The Kier molecular flexibility index (Phi) is 3.52. The lowest BCUT2D eigenvalue weighted by Gasteiger charge is -2.23. The minimum absolute atomic E-state index is 0.185. The van der Waals surface area contributed by atoms with Crippen LogP contribution in [-0.4, -0.2) is 24.7 Å². The molecule has 0 saturated carbocycles. The SMILES string of the molecule is [2H]C([2H])([2H])[S+](OC(c1ccc(Cl)cc1)C(O[S+](C([2H])([2H])[2H])C([2H])([2H])[2H])c1ccc(Cl)cc1)C([2H])([2H])[2H]. The van der Waals surface area contributed by atoms with E-state index in [-0.39, 0.29) is 11.1 Å². The van der Waals surface area contributed by atoms with Crippen molar-refractivity contribution in [1.82, 2.24) is 0 Å². The van der Waals surface area contributed by atoms with Gasteiger partial charge in [-0.05, 0) is 35.4 Å². The summed E-state index contributed by atoms with van der Waals surface area (Å²) in [6, 6.07) is 11.4. The minimum Gasteiger partial charge on any atom is -0.163 e. The first-order valence-electron chi connectivity index (χ1n) is 12.6. The zero-order chi connectivity index (χ0) is 27.7. The predicted octanol–water partition coefficient (Wildman–Crippen LogP) is 5.39. The summed E-state index contributed by atoms with van der Waals surface area (Å²) in [5, 5.41) is 0.605. The topological polar surface area (TPSA) is 18.5 Å².